The first-order valence-electron chi connectivity index (χ1n) is 6.94. The normalized spacial score (nSPS) is 22.4. The van der Waals surface area contributed by atoms with Gasteiger partial charge in [-0.1, -0.05) is 6.92 Å². The van der Waals surface area contributed by atoms with E-state index in [0.29, 0.717) is 6.54 Å². The summed E-state index contributed by atoms with van der Waals surface area (Å²) in [4.78, 5) is 13.8. The number of sulfonamides is 1. The highest BCUT2D eigenvalue weighted by molar-refractivity contribution is 7.89. The molecule has 1 saturated heterocycles. The molecule has 2 atom stereocenters. The lowest BCUT2D eigenvalue weighted by molar-refractivity contribution is -0.137. The number of nitrogens with zero attached hydrogens (tertiary/aromatic N) is 1. The molecule has 1 aromatic carbocycles. The Hall–Kier alpha value is -1.61. The minimum atomic E-state index is -4.45. The zero-order valence-corrected chi connectivity index (χ0v) is 13.2. The van der Waals surface area contributed by atoms with Gasteiger partial charge in [-0.15, -0.1) is 0 Å². The van der Waals surface area contributed by atoms with E-state index < -0.39 is 27.7 Å². The summed E-state index contributed by atoms with van der Waals surface area (Å²) in [6.07, 6.45) is -4.45. The van der Waals surface area contributed by atoms with Gasteiger partial charge in [0.2, 0.25) is 10.0 Å². The fraction of sp³-hybridized carbons (Fsp3) is 0.500. The summed E-state index contributed by atoms with van der Waals surface area (Å²) < 4.78 is 59.9. The third-order valence-electron chi connectivity index (χ3n) is 3.96. The van der Waals surface area contributed by atoms with Gasteiger partial charge in [-0.2, -0.15) is 13.2 Å². The molecule has 0 spiro atoms. The number of likely N-dealkylation sites (tertiary alicyclic amines) is 1. The summed E-state index contributed by atoms with van der Waals surface area (Å²) in [6.45, 7) is 2.38. The Morgan fingerprint density at radius 3 is 2.30 bits per heavy atom. The Morgan fingerprint density at radius 1 is 1.26 bits per heavy atom. The predicted molar refractivity (Wildman–Crippen MR) is 78.0 cm³/mol. The van der Waals surface area contributed by atoms with Crippen molar-refractivity contribution in [1.29, 1.82) is 0 Å². The molecule has 0 unspecified atom stereocenters. The Balaban J connectivity index is 2.10. The van der Waals surface area contributed by atoms with Gasteiger partial charge >= 0.3 is 6.18 Å². The van der Waals surface area contributed by atoms with Crippen LogP contribution in [-0.4, -0.2) is 38.1 Å². The molecule has 1 aliphatic rings. The van der Waals surface area contributed by atoms with Crippen molar-refractivity contribution in [1.82, 2.24) is 4.90 Å². The molecule has 2 N–H and O–H groups in total. The van der Waals surface area contributed by atoms with Crippen molar-refractivity contribution in [2.75, 3.05) is 18.8 Å². The van der Waals surface area contributed by atoms with Gasteiger partial charge in [0.05, 0.1) is 11.3 Å². The number of rotatable bonds is 3. The van der Waals surface area contributed by atoms with E-state index in [2.05, 4.69) is 0 Å². The van der Waals surface area contributed by atoms with Crippen molar-refractivity contribution >= 4 is 15.9 Å². The fourth-order valence-corrected chi connectivity index (χ4v) is 3.73. The van der Waals surface area contributed by atoms with Crippen molar-refractivity contribution in [3.8, 4) is 0 Å². The Morgan fingerprint density at radius 2 is 1.83 bits per heavy atom. The van der Waals surface area contributed by atoms with Crippen LogP contribution in [0.5, 0.6) is 0 Å². The first-order valence-corrected chi connectivity index (χ1v) is 8.66. The first kappa shape index (κ1) is 17.7. The lowest BCUT2D eigenvalue weighted by Crippen LogP contribution is -2.30. The highest BCUT2D eigenvalue weighted by atomic mass is 32.2. The van der Waals surface area contributed by atoms with Gasteiger partial charge < -0.3 is 4.90 Å². The lowest BCUT2D eigenvalue weighted by atomic mass is 10.0. The Labute approximate surface area is 132 Å². The van der Waals surface area contributed by atoms with Gasteiger partial charge in [0.1, 0.15) is 0 Å². The standard InChI is InChI=1S/C14H17F3N2O3S/c1-9-6-19(7-11(9)8-23(18,21)22)13(20)10-2-4-12(5-3-10)14(15,16)17/h2-5,9,11H,6-8H2,1H3,(H2,18,21,22)/t9-,11+/m1/s1. The van der Waals surface area contributed by atoms with Crippen molar-refractivity contribution < 1.29 is 26.4 Å². The van der Waals surface area contributed by atoms with Crippen molar-refractivity contribution in [3.05, 3.63) is 35.4 Å². The molecule has 1 heterocycles. The maximum Gasteiger partial charge on any atom is 0.416 e. The molecule has 0 saturated carbocycles. The van der Waals surface area contributed by atoms with Crippen LogP contribution in [0, 0.1) is 11.8 Å². The van der Waals surface area contributed by atoms with Crippen LogP contribution in [0.4, 0.5) is 13.2 Å². The Kier molecular flexibility index (Phi) is 4.72. The molecular formula is C14H17F3N2O3S. The number of carbonyl (C=O) groups is 1. The van der Waals surface area contributed by atoms with Crippen LogP contribution in [-0.2, 0) is 16.2 Å². The monoisotopic (exact) mass is 350 g/mol. The molecule has 0 aromatic heterocycles. The molecule has 1 fully saturated rings. The summed E-state index contributed by atoms with van der Waals surface area (Å²) in [5.74, 6) is -0.956. The lowest BCUT2D eigenvalue weighted by Gasteiger charge is -2.17. The van der Waals surface area contributed by atoms with Crippen LogP contribution in [0.1, 0.15) is 22.8 Å². The molecule has 1 aromatic rings. The van der Waals surface area contributed by atoms with Crippen molar-refractivity contribution in [2.45, 2.75) is 13.1 Å². The van der Waals surface area contributed by atoms with E-state index in [4.69, 9.17) is 5.14 Å². The number of nitrogens with two attached hydrogens (primary N) is 1. The van der Waals surface area contributed by atoms with Crippen molar-refractivity contribution in [2.24, 2.45) is 17.0 Å². The number of halogens is 3. The van der Waals surface area contributed by atoms with Crippen LogP contribution in [0.3, 0.4) is 0 Å². The molecule has 2 rings (SSSR count). The van der Waals surface area contributed by atoms with Crippen LogP contribution < -0.4 is 5.14 Å². The molecule has 0 bridgehead atoms. The highest BCUT2D eigenvalue weighted by Crippen LogP contribution is 2.30. The number of amides is 1. The summed E-state index contributed by atoms with van der Waals surface area (Å²) in [7, 11) is -3.64. The number of alkyl halides is 3. The van der Waals surface area contributed by atoms with Crippen LogP contribution >= 0.6 is 0 Å². The molecule has 23 heavy (non-hydrogen) atoms. The third kappa shape index (κ3) is 4.44. The molecule has 128 valence electrons. The average Bonchev–Trinajstić information content (AvgIpc) is 2.76. The minimum Gasteiger partial charge on any atom is -0.338 e. The second-order valence-electron chi connectivity index (χ2n) is 5.85. The quantitative estimate of drug-likeness (QED) is 0.901. The van der Waals surface area contributed by atoms with Crippen LogP contribution in [0.2, 0.25) is 0 Å². The van der Waals surface area contributed by atoms with E-state index in [9.17, 15) is 26.4 Å². The van der Waals surface area contributed by atoms with Crippen LogP contribution in [0.15, 0.2) is 24.3 Å². The maximum absolute atomic E-state index is 12.5. The smallest absolute Gasteiger partial charge is 0.338 e. The topological polar surface area (TPSA) is 80.5 Å². The molecule has 0 radical (unpaired) electrons. The largest absolute Gasteiger partial charge is 0.416 e. The minimum absolute atomic E-state index is 0.0493. The third-order valence-corrected chi connectivity index (χ3v) is 4.85. The number of hydrogen-bond donors (Lipinski definition) is 1. The van der Waals surface area contributed by atoms with Gasteiger partial charge in [-0.3, -0.25) is 4.79 Å². The zero-order valence-electron chi connectivity index (χ0n) is 12.4. The summed E-state index contributed by atoms with van der Waals surface area (Å²) in [6, 6.07) is 3.97. The van der Waals surface area contributed by atoms with Gasteiger partial charge in [-0.25, -0.2) is 13.6 Å². The molecule has 1 aliphatic heterocycles. The van der Waals surface area contributed by atoms with Gasteiger partial charge in [0, 0.05) is 18.7 Å². The van der Waals surface area contributed by atoms with Gasteiger partial charge in [0.15, 0.2) is 0 Å². The van der Waals surface area contributed by atoms with E-state index in [1.54, 1.807) is 0 Å². The maximum atomic E-state index is 12.5. The number of benzene rings is 1. The summed E-state index contributed by atoms with van der Waals surface area (Å²) >= 11 is 0. The van der Waals surface area contributed by atoms with E-state index in [-0.39, 0.29) is 29.7 Å². The van der Waals surface area contributed by atoms with E-state index in [0.717, 1.165) is 24.3 Å². The van der Waals surface area contributed by atoms with E-state index in [1.807, 2.05) is 6.92 Å². The number of carbonyl (C=O) groups excluding carboxylic acids is 1. The predicted octanol–water partition coefficient (Wildman–Crippen LogP) is 1.70. The average molecular weight is 350 g/mol. The van der Waals surface area contributed by atoms with Gasteiger partial charge in [-0.05, 0) is 36.1 Å². The zero-order chi connectivity index (χ0) is 17.4. The summed E-state index contributed by atoms with van der Waals surface area (Å²) in [5, 5.41) is 5.03. The van der Waals surface area contributed by atoms with E-state index >= 15 is 0 Å². The molecule has 0 aliphatic carbocycles. The Bertz CT molecular complexity index is 686. The second kappa shape index (κ2) is 6.12. The molecule has 5 nitrogen and oxygen atoms in total. The van der Waals surface area contributed by atoms with Gasteiger partial charge in [0.25, 0.3) is 5.91 Å². The van der Waals surface area contributed by atoms with Crippen LogP contribution in [0.25, 0.3) is 0 Å². The second-order valence-corrected chi connectivity index (χ2v) is 7.51. The summed E-state index contributed by atoms with van der Waals surface area (Å²) in [5.41, 5.74) is -0.683. The molecule has 9 heteroatoms. The molecular weight excluding hydrogens is 333 g/mol. The van der Waals surface area contributed by atoms with Crippen molar-refractivity contribution in [3.63, 3.8) is 0 Å². The SMILES string of the molecule is C[C@@H]1CN(C(=O)c2ccc(C(F)(F)F)cc2)C[C@H]1CS(N)(=O)=O. The highest BCUT2D eigenvalue weighted by Gasteiger charge is 2.35. The molecule has 1 amide bonds. The fourth-order valence-electron chi connectivity index (χ4n) is 2.70. The number of hydrogen-bond acceptors (Lipinski definition) is 3. The number of primary sulfonamides is 1. The van der Waals surface area contributed by atoms with E-state index in [1.165, 1.54) is 4.90 Å². The first-order chi connectivity index (χ1) is 10.5.